The van der Waals surface area contributed by atoms with Gasteiger partial charge in [0.15, 0.2) is 0 Å². The minimum absolute atomic E-state index is 0.273. The van der Waals surface area contributed by atoms with Gasteiger partial charge in [-0.2, -0.15) is 0 Å². The Morgan fingerprint density at radius 2 is 1.65 bits per heavy atom. The van der Waals surface area contributed by atoms with Crippen molar-refractivity contribution in [2.24, 2.45) is 0 Å². The Kier molecular flexibility index (Phi) is 4.93. The quantitative estimate of drug-likeness (QED) is 0.757. The van der Waals surface area contributed by atoms with Gasteiger partial charge < -0.3 is 9.47 Å². The molecule has 0 saturated heterocycles. The lowest BCUT2D eigenvalue weighted by Gasteiger charge is -2.17. The van der Waals surface area contributed by atoms with E-state index >= 15 is 0 Å². The molecule has 2 rings (SSSR count). The molecule has 0 aliphatic rings. The second-order valence-electron chi connectivity index (χ2n) is 4.95. The van der Waals surface area contributed by atoms with Gasteiger partial charge in [0.05, 0.1) is 0 Å². The van der Waals surface area contributed by atoms with Crippen LogP contribution in [0.5, 0.6) is 5.75 Å². The molecule has 0 spiro atoms. The zero-order valence-corrected chi connectivity index (χ0v) is 12.6. The average molecular weight is 324 g/mol. The Morgan fingerprint density at radius 3 is 2.30 bits per heavy atom. The number of ether oxygens (including phenoxy) is 2. The number of para-hydroxylation sites is 1. The van der Waals surface area contributed by atoms with E-state index < -0.39 is 24.2 Å². The molecule has 0 saturated carbocycles. The van der Waals surface area contributed by atoms with Gasteiger partial charge in [-0.1, -0.05) is 36.4 Å². The van der Waals surface area contributed by atoms with E-state index in [9.17, 15) is 18.0 Å². The topological polar surface area (TPSA) is 35.5 Å². The van der Waals surface area contributed by atoms with Crippen molar-refractivity contribution < 1.29 is 27.4 Å². The lowest BCUT2D eigenvalue weighted by atomic mass is 10.0. The molecule has 0 bridgehead atoms. The Balaban J connectivity index is 2.20. The number of carbonyl (C=O) groups excluding carboxylic acids is 1. The van der Waals surface area contributed by atoms with E-state index in [4.69, 9.17) is 4.74 Å². The summed E-state index contributed by atoms with van der Waals surface area (Å²) in [6.07, 6.45) is -5.47. The van der Waals surface area contributed by atoms with E-state index in [0.29, 0.717) is 0 Å². The molecule has 0 N–H and O–H groups in total. The van der Waals surface area contributed by atoms with Gasteiger partial charge in [0.25, 0.3) is 0 Å². The molecule has 0 heterocycles. The summed E-state index contributed by atoms with van der Waals surface area (Å²) in [6, 6.07) is 12.4. The number of aryl methyl sites for hydroxylation is 1. The molecular weight excluding hydrogens is 309 g/mol. The first kappa shape index (κ1) is 16.9. The van der Waals surface area contributed by atoms with Crippen LogP contribution in [-0.2, 0) is 4.74 Å². The number of rotatable bonds is 4. The molecule has 1 atom stereocenters. The number of halogens is 3. The number of hydrogen-bond donors (Lipinski definition) is 0. The van der Waals surface area contributed by atoms with Crippen LogP contribution in [0.25, 0.3) is 0 Å². The van der Waals surface area contributed by atoms with Crippen LogP contribution < -0.4 is 4.74 Å². The molecule has 0 aromatic heterocycles. The van der Waals surface area contributed by atoms with Crippen LogP contribution in [0.3, 0.4) is 0 Å². The predicted octanol–water partition coefficient (Wildman–Crippen LogP) is 4.81. The van der Waals surface area contributed by atoms with Crippen LogP contribution in [0.2, 0.25) is 0 Å². The highest BCUT2D eigenvalue weighted by Gasteiger charge is 2.33. The minimum atomic E-state index is -4.88. The van der Waals surface area contributed by atoms with E-state index in [1.165, 1.54) is 18.2 Å². The van der Waals surface area contributed by atoms with Crippen LogP contribution in [0.1, 0.15) is 34.5 Å². The average Bonchev–Trinajstić information content (AvgIpc) is 2.46. The Hall–Kier alpha value is -2.50. The molecule has 0 aliphatic heterocycles. The molecule has 0 radical (unpaired) electrons. The van der Waals surface area contributed by atoms with Gasteiger partial charge >= 0.3 is 12.3 Å². The first-order valence-corrected chi connectivity index (χ1v) is 6.89. The SMILES string of the molecule is Cc1ccccc1C(C)OC(=O)c1ccccc1OC(F)(F)F. The normalized spacial score (nSPS) is 12.6. The van der Waals surface area contributed by atoms with E-state index in [1.807, 2.05) is 19.1 Å². The molecule has 2 aromatic carbocycles. The molecule has 0 aliphatic carbocycles. The van der Waals surface area contributed by atoms with Gasteiger partial charge in [0.2, 0.25) is 0 Å². The van der Waals surface area contributed by atoms with Crippen molar-refractivity contribution in [3.63, 3.8) is 0 Å². The van der Waals surface area contributed by atoms with Crippen LogP contribution >= 0.6 is 0 Å². The molecular formula is C17H15F3O3. The maximum Gasteiger partial charge on any atom is 0.573 e. The zero-order chi connectivity index (χ0) is 17.0. The van der Waals surface area contributed by atoms with E-state index in [2.05, 4.69) is 4.74 Å². The summed E-state index contributed by atoms with van der Waals surface area (Å²) in [4.78, 5) is 12.2. The fourth-order valence-corrected chi connectivity index (χ4v) is 2.18. The third-order valence-corrected chi connectivity index (χ3v) is 3.24. The monoisotopic (exact) mass is 324 g/mol. The van der Waals surface area contributed by atoms with Crippen LogP contribution in [0.4, 0.5) is 13.2 Å². The molecule has 6 heteroatoms. The number of alkyl halides is 3. The number of hydrogen-bond acceptors (Lipinski definition) is 3. The lowest BCUT2D eigenvalue weighted by molar-refractivity contribution is -0.274. The second-order valence-corrected chi connectivity index (χ2v) is 4.95. The largest absolute Gasteiger partial charge is 0.573 e. The highest BCUT2D eigenvalue weighted by molar-refractivity contribution is 5.92. The summed E-state index contributed by atoms with van der Waals surface area (Å²) < 4.78 is 46.3. The third-order valence-electron chi connectivity index (χ3n) is 3.24. The summed E-state index contributed by atoms with van der Waals surface area (Å²) in [6.45, 7) is 3.52. The van der Waals surface area contributed by atoms with Gasteiger partial charge in [-0.25, -0.2) is 4.79 Å². The van der Waals surface area contributed by atoms with E-state index in [-0.39, 0.29) is 5.56 Å². The highest BCUT2D eigenvalue weighted by Crippen LogP contribution is 2.28. The molecule has 3 nitrogen and oxygen atoms in total. The van der Waals surface area contributed by atoms with Gasteiger partial charge in [0, 0.05) is 0 Å². The predicted molar refractivity (Wildman–Crippen MR) is 78.1 cm³/mol. The molecule has 0 amide bonds. The van der Waals surface area contributed by atoms with Gasteiger partial charge in [-0.15, -0.1) is 13.2 Å². The van der Waals surface area contributed by atoms with Crippen molar-refractivity contribution in [1.82, 2.24) is 0 Å². The molecule has 122 valence electrons. The molecule has 1 unspecified atom stereocenters. The summed E-state index contributed by atoms with van der Waals surface area (Å²) in [7, 11) is 0. The number of benzene rings is 2. The molecule has 23 heavy (non-hydrogen) atoms. The van der Waals surface area contributed by atoms with Gasteiger partial charge in [0.1, 0.15) is 17.4 Å². The first-order chi connectivity index (χ1) is 10.8. The number of carbonyl (C=O) groups is 1. The van der Waals surface area contributed by atoms with Crippen molar-refractivity contribution in [3.8, 4) is 5.75 Å². The fraction of sp³-hybridized carbons (Fsp3) is 0.235. The minimum Gasteiger partial charge on any atom is -0.454 e. The van der Waals surface area contributed by atoms with E-state index in [1.54, 1.807) is 19.1 Å². The number of esters is 1. The van der Waals surface area contributed by atoms with Crippen molar-refractivity contribution in [2.75, 3.05) is 0 Å². The summed E-state index contributed by atoms with van der Waals surface area (Å²) >= 11 is 0. The zero-order valence-electron chi connectivity index (χ0n) is 12.6. The Bertz CT molecular complexity index is 695. The van der Waals surface area contributed by atoms with Gasteiger partial charge in [-0.3, -0.25) is 0 Å². The summed E-state index contributed by atoms with van der Waals surface area (Å²) in [5.41, 5.74) is 1.44. The highest BCUT2D eigenvalue weighted by atomic mass is 19.4. The summed E-state index contributed by atoms with van der Waals surface area (Å²) in [5.74, 6) is -1.46. The molecule has 2 aromatic rings. The fourth-order valence-electron chi connectivity index (χ4n) is 2.18. The molecule has 0 fully saturated rings. The standard InChI is InChI=1S/C17H15F3O3/c1-11-7-3-4-8-13(11)12(2)22-16(21)14-9-5-6-10-15(14)23-17(18,19)20/h3-10,12H,1-2H3. The smallest absolute Gasteiger partial charge is 0.454 e. The van der Waals surface area contributed by atoms with Crippen molar-refractivity contribution in [3.05, 3.63) is 65.2 Å². The van der Waals surface area contributed by atoms with Crippen LogP contribution in [0, 0.1) is 6.92 Å². The first-order valence-electron chi connectivity index (χ1n) is 6.89. The maximum absolute atomic E-state index is 12.4. The third kappa shape index (κ3) is 4.48. The van der Waals surface area contributed by atoms with Crippen LogP contribution in [0.15, 0.2) is 48.5 Å². The Labute approximate surface area is 131 Å². The summed E-state index contributed by atoms with van der Waals surface area (Å²) in [5, 5.41) is 0. The maximum atomic E-state index is 12.4. The second kappa shape index (κ2) is 6.73. The van der Waals surface area contributed by atoms with Crippen LogP contribution in [-0.4, -0.2) is 12.3 Å². The van der Waals surface area contributed by atoms with Gasteiger partial charge in [-0.05, 0) is 37.1 Å². The Morgan fingerprint density at radius 1 is 1.04 bits per heavy atom. The van der Waals surface area contributed by atoms with E-state index in [0.717, 1.165) is 17.2 Å². The van der Waals surface area contributed by atoms with Crippen molar-refractivity contribution in [1.29, 1.82) is 0 Å². The lowest BCUT2D eigenvalue weighted by Crippen LogP contribution is -2.20. The van der Waals surface area contributed by atoms with Crippen molar-refractivity contribution in [2.45, 2.75) is 26.3 Å². The van der Waals surface area contributed by atoms with Crippen molar-refractivity contribution >= 4 is 5.97 Å².